The zero-order chi connectivity index (χ0) is 15.2. The van der Waals surface area contributed by atoms with Gasteiger partial charge in [-0.15, -0.1) is 0 Å². The second kappa shape index (κ2) is 14.1. The molecule has 0 bridgehead atoms. The maximum atomic E-state index is 2.43. The summed E-state index contributed by atoms with van der Waals surface area (Å²) < 4.78 is 0. The summed E-state index contributed by atoms with van der Waals surface area (Å²) in [5.41, 5.74) is 0. The van der Waals surface area contributed by atoms with Gasteiger partial charge in [0, 0.05) is 0 Å². The molecular formula is C20H41Al. The van der Waals surface area contributed by atoms with Crippen molar-refractivity contribution in [3.8, 4) is 0 Å². The first kappa shape index (κ1) is 19.6. The van der Waals surface area contributed by atoms with Gasteiger partial charge in [0.1, 0.15) is 0 Å². The fraction of sp³-hybridized carbons (Fsp3) is 1.00. The molecule has 21 heavy (non-hydrogen) atoms. The minimum atomic E-state index is -0.207. The zero-order valence-corrected chi connectivity index (χ0v) is 16.3. The Hall–Kier alpha value is 0.532. The summed E-state index contributed by atoms with van der Waals surface area (Å²) in [7, 11) is 0. The van der Waals surface area contributed by atoms with Gasteiger partial charge in [-0.05, 0) is 0 Å². The molecule has 0 nitrogen and oxygen atoms in total. The number of rotatable bonds is 14. The number of unbranched alkanes of at least 4 members (excludes halogenated alkanes) is 11. The van der Waals surface area contributed by atoms with Crippen LogP contribution in [0.4, 0.5) is 0 Å². The molecule has 0 aromatic rings. The summed E-state index contributed by atoms with van der Waals surface area (Å²) in [5, 5.41) is 4.92. The Bertz CT molecular complexity index is 214. The van der Waals surface area contributed by atoms with Crippen molar-refractivity contribution in [3.63, 3.8) is 0 Å². The zero-order valence-electron chi connectivity index (χ0n) is 15.2. The molecule has 0 spiro atoms. The third-order valence-corrected chi connectivity index (χ3v) is 9.33. The van der Waals surface area contributed by atoms with E-state index in [2.05, 4.69) is 13.8 Å². The van der Waals surface area contributed by atoms with Crippen LogP contribution in [0.2, 0.25) is 15.8 Å². The lowest BCUT2D eigenvalue weighted by molar-refractivity contribution is 0.481. The summed E-state index contributed by atoms with van der Waals surface area (Å²) >= 11 is -0.207. The Morgan fingerprint density at radius 1 is 0.714 bits per heavy atom. The van der Waals surface area contributed by atoms with Crippen molar-refractivity contribution in [2.45, 2.75) is 120 Å². The van der Waals surface area contributed by atoms with Crippen molar-refractivity contribution in [2.75, 3.05) is 0 Å². The van der Waals surface area contributed by atoms with Crippen molar-refractivity contribution < 1.29 is 0 Å². The quantitative estimate of drug-likeness (QED) is 0.229. The minimum Gasteiger partial charge on any atom is -0.0967 e. The highest BCUT2D eigenvalue weighted by molar-refractivity contribution is 6.59. The van der Waals surface area contributed by atoms with Crippen LogP contribution in [-0.4, -0.2) is 14.1 Å². The van der Waals surface area contributed by atoms with E-state index in [0.717, 1.165) is 5.92 Å². The van der Waals surface area contributed by atoms with Crippen LogP contribution in [0.1, 0.15) is 104 Å². The highest BCUT2D eigenvalue weighted by Gasteiger charge is 2.27. The Morgan fingerprint density at radius 2 is 1.24 bits per heavy atom. The molecule has 1 atom stereocenters. The standard InChI is InChI=1S/C18H36.C2H5.Al/c1-4-6-7-8-9-10-11-12-13-14-15-16-17-18(3)5-2;1-2;/h18H,2-17H2,1H3;1H2,2H3;. The smallest absolute Gasteiger partial charge is 0.0967 e. The molecular weight excluding hydrogens is 267 g/mol. The molecule has 0 aromatic heterocycles. The molecule has 1 heterocycles. The van der Waals surface area contributed by atoms with Crippen LogP contribution in [0.3, 0.4) is 0 Å². The van der Waals surface area contributed by atoms with Crippen molar-refractivity contribution in [1.29, 1.82) is 0 Å². The van der Waals surface area contributed by atoms with E-state index < -0.39 is 0 Å². The lowest BCUT2D eigenvalue weighted by Crippen LogP contribution is -2.04. The van der Waals surface area contributed by atoms with Crippen molar-refractivity contribution >= 4 is 14.1 Å². The highest BCUT2D eigenvalue weighted by Crippen LogP contribution is 2.32. The van der Waals surface area contributed by atoms with Crippen LogP contribution in [0.25, 0.3) is 0 Å². The lowest BCUT2D eigenvalue weighted by Gasteiger charge is -2.09. The van der Waals surface area contributed by atoms with Gasteiger partial charge >= 0.3 is 0 Å². The topological polar surface area (TPSA) is 0 Å². The largest absolute Gasteiger partial charge is 0.261 e. The maximum absolute atomic E-state index is 2.43. The summed E-state index contributed by atoms with van der Waals surface area (Å²) in [6.45, 7) is 4.74. The summed E-state index contributed by atoms with van der Waals surface area (Å²) in [4.78, 5) is 0. The first-order chi connectivity index (χ1) is 10.4. The van der Waals surface area contributed by atoms with E-state index in [9.17, 15) is 0 Å². The maximum Gasteiger partial charge on any atom is 0.261 e. The molecule has 1 unspecified atom stereocenters. The minimum absolute atomic E-state index is 0.207. The van der Waals surface area contributed by atoms with Crippen LogP contribution in [0.15, 0.2) is 0 Å². The summed E-state index contributed by atoms with van der Waals surface area (Å²) in [6.07, 6.45) is 21.0. The van der Waals surface area contributed by atoms with Crippen LogP contribution in [0.5, 0.6) is 0 Å². The van der Waals surface area contributed by atoms with Gasteiger partial charge < -0.3 is 0 Å². The van der Waals surface area contributed by atoms with E-state index in [0.29, 0.717) is 0 Å². The summed E-state index contributed by atoms with van der Waals surface area (Å²) in [5.74, 6) is 1.16. The molecule has 0 N–H and O–H groups in total. The van der Waals surface area contributed by atoms with Gasteiger partial charge in [0.05, 0.1) is 0 Å². The average molecular weight is 309 g/mol. The van der Waals surface area contributed by atoms with Crippen LogP contribution < -0.4 is 0 Å². The molecule has 1 aliphatic rings. The van der Waals surface area contributed by atoms with Gasteiger partial charge in [-0.3, -0.25) is 0 Å². The monoisotopic (exact) mass is 308 g/mol. The van der Waals surface area contributed by atoms with E-state index >= 15 is 0 Å². The molecule has 0 amide bonds. The van der Waals surface area contributed by atoms with Gasteiger partial charge in [-0.25, -0.2) is 0 Å². The van der Waals surface area contributed by atoms with Gasteiger partial charge in [0.15, 0.2) is 0 Å². The number of hydrogen-bond acceptors (Lipinski definition) is 0. The van der Waals surface area contributed by atoms with E-state index in [1.165, 1.54) is 77.0 Å². The number of hydrogen-bond donors (Lipinski definition) is 0. The Kier molecular flexibility index (Phi) is 13.2. The molecule has 0 aromatic carbocycles. The molecule has 0 radical (unpaired) electrons. The van der Waals surface area contributed by atoms with Crippen molar-refractivity contribution in [1.82, 2.24) is 0 Å². The molecule has 0 aliphatic carbocycles. The van der Waals surface area contributed by atoms with E-state index in [-0.39, 0.29) is 14.1 Å². The van der Waals surface area contributed by atoms with Gasteiger partial charge in [0.2, 0.25) is 0 Å². The molecule has 1 fully saturated rings. The highest BCUT2D eigenvalue weighted by atomic mass is 27.2. The molecule has 1 aliphatic heterocycles. The third-order valence-electron chi connectivity index (χ3n) is 5.69. The van der Waals surface area contributed by atoms with Gasteiger partial charge in [-0.2, -0.15) is 0 Å². The Labute approximate surface area is 139 Å². The van der Waals surface area contributed by atoms with E-state index in [1.807, 2.05) is 0 Å². The van der Waals surface area contributed by atoms with E-state index in [1.54, 1.807) is 28.7 Å². The fourth-order valence-corrected chi connectivity index (χ4v) is 7.42. The van der Waals surface area contributed by atoms with Crippen LogP contribution in [-0.2, 0) is 0 Å². The van der Waals surface area contributed by atoms with Crippen LogP contribution in [0, 0.1) is 5.92 Å². The van der Waals surface area contributed by atoms with Gasteiger partial charge in [-0.1, -0.05) is 126 Å². The fourth-order valence-electron chi connectivity index (χ4n) is 4.09. The predicted molar refractivity (Wildman–Crippen MR) is 99.7 cm³/mol. The first-order valence-corrected chi connectivity index (χ1v) is 12.8. The first-order valence-electron chi connectivity index (χ1n) is 10.4. The van der Waals surface area contributed by atoms with Crippen LogP contribution >= 0.6 is 0 Å². The third kappa shape index (κ3) is 10.8. The lowest BCUT2D eigenvalue weighted by atomic mass is 9.99. The van der Waals surface area contributed by atoms with Gasteiger partial charge in [0.25, 0.3) is 14.1 Å². The Balaban J connectivity index is 1.73. The molecule has 0 saturated carbocycles. The molecule has 1 rings (SSSR count). The van der Waals surface area contributed by atoms with Crippen molar-refractivity contribution in [3.05, 3.63) is 0 Å². The SMILES string of the molecule is CCCCCCCCCCCCCCC1C[CH2][Al]([CH2]C)[CH2]1. The average Bonchev–Trinajstić information content (AvgIpc) is 2.96. The Morgan fingerprint density at radius 3 is 1.71 bits per heavy atom. The van der Waals surface area contributed by atoms with Crippen molar-refractivity contribution in [2.24, 2.45) is 5.92 Å². The summed E-state index contributed by atoms with van der Waals surface area (Å²) in [6, 6.07) is 0. The molecule has 124 valence electrons. The molecule has 1 heteroatoms. The van der Waals surface area contributed by atoms with E-state index in [4.69, 9.17) is 0 Å². The normalized spacial score (nSPS) is 18.6. The molecule has 1 saturated heterocycles. The predicted octanol–water partition coefficient (Wildman–Crippen LogP) is 7.61. The second-order valence-electron chi connectivity index (χ2n) is 7.63. The second-order valence-corrected chi connectivity index (χ2v) is 11.2.